The Hall–Kier alpha value is -3.03. The fourth-order valence-electron chi connectivity index (χ4n) is 2.57. The molecule has 0 fully saturated rings. The van der Waals surface area contributed by atoms with E-state index < -0.39 is 35.7 Å². The van der Waals surface area contributed by atoms with Gasteiger partial charge in [-0.2, -0.15) is 0 Å². The molecule has 0 saturated heterocycles. The van der Waals surface area contributed by atoms with Crippen molar-refractivity contribution in [2.24, 2.45) is 0 Å². The number of aromatic amines is 1. The number of carbonyl (C=O) groups excluding carboxylic acids is 2. The number of aliphatic carboxylic acids is 1. The third-order valence-corrected chi connectivity index (χ3v) is 3.84. The zero-order valence-corrected chi connectivity index (χ0v) is 15.8. The third kappa shape index (κ3) is 5.73. The monoisotopic (exact) mass is 375 g/mol. The number of hydrogen-bond acceptors (Lipinski definition) is 4. The van der Waals surface area contributed by atoms with E-state index in [1.54, 1.807) is 27.0 Å². The quantitative estimate of drug-likeness (QED) is 0.617. The SMILES string of the molecule is CC(NC(=O)OC(C)(C)C)C(=O)NC(Cc1c[nH]c2ccccc12)C(=O)O. The smallest absolute Gasteiger partial charge is 0.408 e. The third-order valence-electron chi connectivity index (χ3n) is 3.84. The summed E-state index contributed by atoms with van der Waals surface area (Å²) in [6.45, 7) is 6.58. The number of para-hydroxylation sites is 1. The van der Waals surface area contributed by atoms with E-state index >= 15 is 0 Å². The standard InChI is InChI=1S/C19H25N3O5/c1-11(21-18(26)27-19(2,3)4)16(23)22-15(17(24)25)9-12-10-20-14-8-6-5-7-13(12)14/h5-8,10-11,15,20H,9H2,1-4H3,(H,21,26)(H,22,23)(H,24,25). The van der Waals surface area contributed by atoms with Crippen molar-refractivity contribution in [1.82, 2.24) is 15.6 Å². The molecule has 0 aliphatic carbocycles. The first-order chi connectivity index (χ1) is 12.6. The highest BCUT2D eigenvalue weighted by atomic mass is 16.6. The lowest BCUT2D eigenvalue weighted by Gasteiger charge is -2.22. The molecule has 0 saturated carbocycles. The van der Waals surface area contributed by atoms with Gasteiger partial charge in [0.1, 0.15) is 17.7 Å². The molecule has 27 heavy (non-hydrogen) atoms. The minimum atomic E-state index is -1.15. The van der Waals surface area contributed by atoms with Crippen molar-refractivity contribution in [2.45, 2.75) is 51.8 Å². The lowest BCUT2D eigenvalue weighted by atomic mass is 10.0. The van der Waals surface area contributed by atoms with Crippen LogP contribution in [0.15, 0.2) is 30.5 Å². The topological polar surface area (TPSA) is 121 Å². The van der Waals surface area contributed by atoms with E-state index in [9.17, 15) is 19.5 Å². The van der Waals surface area contributed by atoms with Gasteiger partial charge in [0.05, 0.1) is 0 Å². The van der Waals surface area contributed by atoms with Crippen LogP contribution in [0.5, 0.6) is 0 Å². The maximum absolute atomic E-state index is 12.3. The molecule has 1 heterocycles. The molecule has 8 heteroatoms. The van der Waals surface area contributed by atoms with E-state index in [0.717, 1.165) is 16.5 Å². The first kappa shape index (κ1) is 20.3. The van der Waals surface area contributed by atoms with Crippen molar-refractivity contribution in [3.05, 3.63) is 36.0 Å². The second kappa shape index (κ2) is 8.11. The van der Waals surface area contributed by atoms with Crippen molar-refractivity contribution in [3.63, 3.8) is 0 Å². The molecule has 0 aliphatic heterocycles. The summed E-state index contributed by atoms with van der Waals surface area (Å²) in [5.41, 5.74) is 0.980. The maximum atomic E-state index is 12.3. The number of amides is 2. The number of aromatic nitrogens is 1. The van der Waals surface area contributed by atoms with Crippen LogP contribution in [0.25, 0.3) is 10.9 Å². The second-order valence-corrected chi connectivity index (χ2v) is 7.33. The number of H-pyrrole nitrogens is 1. The molecule has 4 N–H and O–H groups in total. The highest BCUT2D eigenvalue weighted by Crippen LogP contribution is 2.19. The minimum absolute atomic E-state index is 0.115. The van der Waals surface area contributed by atoms with Crippen LogP contribution in [0.1, 0.15) is 33.3 Å². The minimum Gasteiger partial charge on any atom is -0.480 e. The average molecular weight is 375 g/mol. The van der Waals surface area contributed by atoms with Crippen LogP contribution in [-0.4, -0.2) is 45.7 Å². The van der Waals surface area contributed by atoms with Gasteiger partial charge in [0.2, 0.25) is 5.91 Å². The van der Waals surface area contributed by atoms with Gasteiger partial charge in [-0.25, -0.2) is 9.59 Å². The van der Waals surface area contributed by atoms with Gasteiger partial charge in [-0.05, 0) is 39.3 Å². The Morgan fingerprint density at radius 2 is 1.85 bits per heavy atom. The molecule has 0 radical (unpaired) electrons. The maximum Gasteiger partial charge on any atom is 0.408 e. The Morgan fingerprint density at radius 1 is 1.19 bits per heavy atom. The molecule has 0 spiro atoms. The number of rotatable bonds is 6. The molecule has 2 unspecified atom stereocenters. The van der Waals surface area contributed by atoms with Crippen molar-refractivity contribution in [1.29, 1.82) is 0 Å². The number of fused-ring (bicyclic) bond motifs is 1. The molecule has 1 aromatic carbocycles. The van der Waals surface area contributed by atoms with Gasteiger partial charge < -0.3 is 25.5 Å². The molecule has 0 bridgehead atoms. The molecule has 2 atom stereocenters. The molecule has 2 rings (SSSR count). The van der Waals surface area contributed by atoms with Crippen LogP contribution >= 0.6 is 0 Å². The summed E-state index contributed by atoms with van der Waals surface area (Å²) >= 11 is 0. The lowest BCUT2D eigenvalue weighted by molar-refractivity contribution is -0.142. The van der Waals surface area contributed by atoms with Crippen molar-refractivity contribution < 1.29 is 24.2 Å². The number of nitrogens with one attached hydrogen (secondary N) is 3. The summed E-state index contributed by atoms with van der Waals surface area (Å²) in [4.78, 5) is 38.7. The van der Waals surface area contributed by atoms with Crippen LogP contribution in [-0.2, 0) is 20.7 Å². The summed E-state index contributed by atoms with van der Waals surface area (Å²) in [7, 11) is 0. The number of carboxylic acid groups (broad SMARTS) is 1. The van der Waals surface area contributed by atoms with Gasteiger partial charge in [0, 0.05) is 23.5 Å². The van der Waals surface area contributed by atoms with Gasteiger partial charge >= 0.3 is 12.1 Å². The molecular formula is C19H25N3O5. The number of carbonyl (C=O) groups is 3. The Kier molecular flexibility index (Phi) is 6.09. The van der Waals surface area contributed by atoms with Gasteiger partial charge in [-0.15, -0.1) is 0 Å². The van der Waals surface area contributed by atoms with Crippen LogP contribution in [0.3, 0.4) is 0 Å². The normalized spacial score (nSPS) is 13.6. The van der Waals surface area contributed by atoms with Crippen LogP contribution in [0.4, 0.5) is 4.79 Å². The average Bonchev–Trinajstić information content (AvgIpc) is 2.95. The van der Waals surface area contributed by atoms with E-state index in [0.29, 0.717) is 0 Å². The Balaban J connectivity index is 2.02. The summed E-state index contributed by atoms with van der Waals surface area (Å²) in [5, 5.41) is 15.2. The second-order valence-electron chi connectivity index (χ2n) is 7.33. The molecular weight excluding hydrogens is 350 g/mol. The largest absolute Gasteiger partial charge is 0.480 e. The molecule has 146 valence electrons. The Bertz CT molecular complexity index is 837. The summed E-state index contributed by atoms with van der Waals surface area (Å²) in [5.74, 6) is -1.76. The van der Waals surface area contributed by atoms with E-state index in [-0.39, 0.29) is 6.42 Å². The molecule has 8 nitrogen and oxygen atoms in total. The van der Waals surface area contributed by atoms with E-state index in [1.807, 2.05) is 24.3 Å². The van der Waals surface area contributed by atoms with Gasteiger partial charge in [-0.3, -0.25) is 4.79 Å². The highest BCUT2D eigenvalue weighted by Gasteiger charge is 2.26. The number of benzene rings is 1. The van der Waals surface area contributed by atoms with Crippen LogP contribution in [0, 0.1) is 0 Å². The number of hydrogen-bond donors (Lipinski definition) is 4. The van der Waals surface area contributed by atoms with Gasteiger partial charge in [-0.1, -0.05) is 18.2 Å². The predicted molar refractivity (Wildman–Crippen MR) is 100 cm³/mol. The fourth-order valence-corrected chi connectivity index (χ4v) is 2.57. The van der Waals surface area contributed by atoms with E-state index in [4.69, 9.17) is 4.74 Å². The van der Waals surface area contributed by atoms with Crippen LogP contribution < -0.4 is 10.6 Å². The first-order valence-electron chi connectivity index (χ1n) is 8.64. The van der Waals surface area contributed by atoms with Gasteiger partial charge in [0.25, 0.3) is 0 Å². The summed E-state index contributed by atoms with van der Waals surface area (Å²) < 4.78 is 5.09. The highest BCUT2D eigenvalue weighted by molar-refractivity contribution is 5.90. The molecule has 0 aliphatic rings. The van der Waals surface area contributed by atoms with Gasteiger partial charge in [0.15, 0.2) is 0 Å². The van der Waals surface area contributed by atoms with Crippen LogP contribution in [0.2, 0.25) is 0 Å². The predicted octanol–water partition coefficient (Wildman–Crippen LogP) is 2.19. The molecule has 2 aromatic rings. The zero-order chi connectivity index (χ0) is 20.2. The van der Waals surface area contributed by atoms with Crippen molar-refractivity contribution >= 4 is 28.9 Å². The first-order valence-corrected chi connectivity index (χ1v) is 8.64. The van der Waals surface area contributed by atoms with E-state index in [1.165, 1.54) is 6.92 Å². The van der Waals surface area contributed by atoms with Crippen molar-refractivity contribution in [2.75, 3.05) is 0 Å². The summed E-state index contributed by atoms with van der Waals surface area (Å²) in [6.07, 6.45) is 1.10. The Labute approximate surface area is 157 Å². The lowest BCUT2D eigenvalue weighted by Crippen LogP contribution is -2.51. The number of alkyl carbamates (subject to hydrolysis) is 1. The molecule has 2 amide bonds. The zero-order valence-electron chi connectivity index (χ0n) is 15.8. The number of carboxylic acids is 1. The van der Waals surface area contributed by atoms with Crippen molar-refractivity contribution in [3.8, 4) is 0 Å². The molecule has 1 aromatic heterocycles. The Morgan fingerprint density at radius 3 is 2.48 bits per heavy atom. The number of ether oxygens (including phenoxy) is 1. The fraction of sp³-hybridized carbons (Fsp3) is 0.421. The summed E-state index contributed by atoms with van der Waals surface area (Å²) in [6, 6.07) is 5.45. The van der Waals surface area contributed by atoms with E-state index in [2.05, 4.69) is 15.6 Å².